The Hall–Kier alpha value is -4.78. The van der Waals surface area contributed by atoms with Crippen LogP contribution < -0.4 is 30.3 Å². The SMILES string of the molecule is CCCOc1ccc(NC(=O)C(=O)N/N=C\c2cc(Cl)c(OCC(=O)Nc3cccc(C(F)(F)F)c3)c(OC)c2)cc1. The molecule has 3 amide bonds. The van der Waals surface area contributed by atoms with Crippen molar-refractivity contribution in [2.75, 3.05) is 31.0 Å². The zero-order valence-electron chi connectivity index (χ0n) is 22.4. The van der Waals surface area contributed by atoms with Gasteiger partial charge in [0, 0.05) is 11.4 Å². The molecule has 10 nitrogen and oxygen atoms in total. The number of carbonyl (C=O) groups excluding carboxylic acids is 3. The van der Waals surface area contributed by atoms with E-state index in [1.165, 1.54) is 31.5 Å². The molecule has 0 aliphatic heterocycles. The summed E-state index contributed by atoms with van der Waals surface area (Å²) < 4.78 is 54.8. The highest BCUT2D eigenvalue weighted by Crippen LogP contribution is 2.36. The fourth-order valence-electron chi connectivity index (χ4n) is 3.32. The first-order chi connectivity index (χ1) is 20.0. The molecule has 0 atom stereocenters. The van der Waals surface area contributed by atoms with Crippen molar-refractivity contribution in [1.29, 1.82) is 0 Å². The molecule has 0 unspecified atom stereocenters. The lowest BCUT2D eigenvalue weighted by atomic mass is 10.2. The van der Waals surface area contributed by atoms with Crippen LogP contribution in [0.1, 0.15) is 24.5 Å². The number of ether oxygens (including phenoxy) is 3. The normalized spacial score (nSPS) is 11.1. The molecule has 14 heteroatoms. The minimum absolute atomic E-state index is 0.00923. The second-order valence-electron chi connectivity index (χ2n) is 8.48. The summed E-state index contributed by atoms with van der Waals surface area (Å²) in [5, 5.41) is 8.50. The number of methoxy groups -OCH3 is 1. The van der Waals surface area contributed by atoms with Crippen molar-refractivity contribution in [3.05, 3.63) is 76.8 Å². The van der Waals surface area contributed by atoms with Gasteiger partial charge in [-0.1, -0.05) is 24.6 Å². The van der Waals surface area contributed by atoms with Gasteiger partial charge in [0.15, 0.2) is 18.1 Å². The first-order valence-corrected chi connectivity index (χ1v) is 12.7. The van der Waals surface area contributed by atoms with Gasteiger partial charge in [-0.3, -0.25) is 14.4 Å². The molecule has 3 aromatic carbocycles. The summed E-state index contributed by atoms with van der Waals surface area (Å²) in [6.45, 7) is 1.95. The van der Waals surface area contributed by atoms with E-state index in [0.29, 0.717) is 23.6 Å². The van der Waals surface area contributed by atoms with Gasteiger partial charge in [-0.2, -0.15) is 18.3 Å². The molecule has 0 bridgehead atoms. The third-order valence-corrected chi connectivity index (χ3v) is 5.52. The Morgan fingerprint density at radius 2 is 1.69 bits per heavy atom. The Bertz CT molecular complexity index is 1450. The monoisotopic (exact) mass is 606 g/mol. The van der Waals surface area contributed by atoms with Gasteiger partial charge in [-0.25, -0.2) is 5.43 Å². The van der Waals surface area contributed by atoms with E-state index >= 15 is 0 Å². The Kier molecular flexibility index (Phi) is 11.1. The summed E-state index contributed by atoms with van der Waals surface area (Å²) in [5.74, 6) is -1.98. The lowest BCUT2D eigenvalue weighted by molar-refractivity contribution is -0.137. The number of nitrogens with zero attached hydrogens (tertiary/aromatic N) is 1. The summed E-state index contributed by atoms with van der Waals surface area (Å²) in [7, 11) is 1.32. The number of amides is 3. The van der Waals surface area contributed by atoms with Crippen LogP contribution in [0, 0.1) is 0 Å². The van der Waals surface area contributed by atoms with Crippen LogP contribution in [-0.2, 0) is 20.6 Å². The highest BCUT2D eigenvalue weighted by Gasteiger charge is 2.30. The average Bonchev–Trinajstić information content (AvgIpc) is 2.95. The van der Waals surface area contributed by atoms with Crippen molar-refractivity contribution < 1.29 is 41.8 Å². The van der Waals surface area contributed by atoms with Gasteiger partial charge in [-0.05, 0) is 66.6 Å². The number of halogens is 4. The molecule has 3 N–H and O–H groups in total. The van der Waals surface area contributed by atoms with Crippen LogP contribution in [0.5, 0.6) is 17.2 Å². The van der Waals surface area contributed by atoms with Crippen LogP contribution in [0.15, 0.2) is 65.8 Å². The molecule has 3 aromatic rings. The first-order valence-electron chi connectivity index (χ1n) is 12.3. The highest BCUT2D eigenvalue weighted by molar-refractivity contribution is 6.39. The molecule has 3 rings (SSSR count). The van der Waals surface area contributed by atoms with Crippen molar-refractivity contribution >= 4 is 46.9 Å². The number of nitrogens with one attached hydrogen (secondary N) is 3. The largest absolute Gasteiger partial charge is 0.494 e. The lowest BCUT2D eigenvalue weighted by Crippen LogP contribution is -2.32. The second-order valence-corrected chi connectivity index (χ2v) is 8.88. The maximum atomic E-state index is 12.9. The topological polar surface area (TPSA) is 127 Å². The molecular formula is C28H26ClF3N4O6. The summed E-state index contributed by atoms with van der Waals surface area (Å²) in [6, 6.07) is 13.5. The second kappa shape index (κ2) is 14.7. The standard InChI is InChI=1S/C28H26ClF3N4O6/c1-3-11-41-21-9-7-19(8-10-21)35-26(38)27(39)36-33-15-17-12-22(29)25(23(13-17)40-2)42-16-24(37)34-20-6-4-5-18(14-20)28(30,31)32/h4-10,12-15H,3,11,16H2,1-2H3,(H,34,37)(H,35,38)(H,36,39)/b33-15-. The van der Waals surface area contributed by atoms with Crippen molar-refractivity contribution in [3.8, 4) is 17.2 Å². The van der Waals surface area contributed by atoms with E-state index in [1.807, 2.05) is 6.92 Å². The van der Waals surface area contributed by atoms with E-state index in [-0.39, 0.29) is 22.2 Å². The summed E-state index contributed by atoms with van der Waals surface area (Å²) in [5.41, 5.74) is 1.85. The first kappa shape index (κ1) is 31.7. The Balaban J connectivity index is 1.55. The molecule has 42 heavy (non-hydrogen) atoms. The number of benzene rings is 3. The molecule has 0 aliphatic carbocycles. The van der Waals surface area contributed by atoms with Gasteiger partial charge >= 0.3 is 18.0 Å². The van der Waals surface area contributed by atoms with Gasteiger partial charge in [-0.15, -0.1) is 0 Å². The van der Waals surface area contributed by atoms with E-state index < -0.39 is 36.1 Å². The molecular weight excluding hydrogens is 581 g/mol. The summed E-state index contributed by atoms with van der Waals surface area (Å²) in [6.07, 6.45) is -2.51. The Morgan fingerprint density at radius 1 is 0.952 bits per heavy atom. The quantitative estimate of drug-likeness (QED) is 0.155. The number of alkyl halides is 3. The molecule has 0 aliphatic rings. The molecule has 0 heterocycles. The van der Waals surface area contributed by atoms with Crippen molar-refractivity contribution in [2.45, 2.75) is 19.5 Å². The molecule has 0 spiro atoms. The van der Waals surface area contributed by atoms with Crippen molar-refractivity contribution in [3.63, 3.8) is 0 Å². The van der Waals surface area contributed by atoms with E-state index in [0.717, 1.165) is 24.6 Å². The fourth-order valence-corrected chi connectivity index (χ4v) is 3.59. The van der Waals surface area contributed by atoms with E-state index in [9.17, 15) is 27.6 Å². The predicted octanol–water partition coefficient (Wildman–Crippen LogP) is 5.26. The molecule has 0 saturated carbocycles. The van der Waals surface area contributed by atoms with Gasteiger partial charge in [0.05, 0.1) is 30.5 Å². The van der Waals surface area contributed by atoms with E-state index in [4.69, 9.17) is 25.8 Å². The number of hydrogen-bond acceptors (Lipinski definition) is 7. The average molecular weight is 607 g/mol. The molecule has 0 fully saturated rings. The van der Waals surface area contributed by atoms with E-state index in [1.54, 1.807) is 24.3 Å². The number of rotatable bonds is 11. The van der Waals surface area contributed by atoms with Gasteiger partial charge in [0.25, 0.3) is 5.91 Å². The van der Waals surface area contributed by atoms with Gasteiger partial charge in [0.2, 0.25) is 0 Å². The Labute approximate surface area is 243 Å². The fraction of sp³-hybridized carbons (Fsp3) is 0.214. The third-order valence-electron chi connectivity index (χ3n) is 5.24. The van der Waals surface area contributed by atoms with E-state index in [2.05, 4.69) is 21.2 Å². The van der Waals surface area contributed by atoms with Crippen molar-refractivity contribution in [1.82, 2.24) is 5.43 Å². The maximum Gasteiger partial charge on any atom is 0.416 e. The van der Waals surface area contributed by atoms with Crippen molar-refractivity contribution in [2.24, 2.45) is 5.10 Å². The summed E-state index contributed by atoms with van der Waals surface area (Å²) in [4.78, 5) is 36.5. The predicted molar refractivity (Wildman–Crippen MR) is 150 cm³/mol. The zero-order chi connectivity index (χ0) is 30.7. The molecule has 0 aromatic heterocycles. The van der Waals surface area contributed by atoms with Crippen LogP contribution >= 0.6 is 11.6 Å². The molecule has 0 radical (unpaired) electrons. The van der Waals surface area contributed by atoms with Gasteiger partial charge < -0.3 is 24.8 Å². The minimum atomic E-state index is -4.56. The summed E-state index contributed by atoms with van der Waals surface area (Å²) >= 11 is 6.27. The Morgan fingerprint density at radius 3 is 2.36 bits per heavy atom. The highest BCUT2D eigenvalue weighted by atomic mass is 35.5. The zero-order valence-corrected chi connectivity index (χ0v) is 23.1. The maximum absolute atomic E-state index is 12.9. The number of hydrogen-bond donors (Lipinski definition) is 3. The van der Waals surface area contributed by atoms with Crippen LogP contribution in [-0.4, -0.2) is 44.3 Å². The number of hydrazone groups is 1. The van der Waals surface area contributed by atoms with Crippen LogP contribution in [0.25, 0.3) is 0 Å². The molecule has 222 valence electrons. The number of carbonyl (C=O) groups is 3. The van der Waals surface area contributed by atoms with Gasteiger partial charge in [0.1, 0.15) is 5.75 Å². The number of anilines is 2. The smallest absolute Gasteiger partial charge is 0.416 e. The molecule has 0 saturated heterocycles. The van der Waals surface area contributed by atoms with Crippen LogP contribution in [0.2, 0.25) is 5.02 Å². The third kappa shape index (κ3) is 9.41. The minimum Gasteiger partial charge on any atom is -0.494 e. The van der Waals surface area contributed by atoms with Crippen LogP contribution in [0.4, 0.5) is 24.5 Å². The van der Waals surface area contributed by atoms with Crippen LogP contribution in [0.3, 0.4) is 0 Å². The lowest BCUT2D eigenvalue weighted by Gasteiger charge is -2.14.